The Morgan fingerprint density at radius 3 is 2.73 bits per heavy atom. The van der Waals surface area contributed by atoms with E-state index in [2.05, 4.69) is 30.1 Å². The predicted octanol–water partition coefficient (Wildman–Crippen LogP) is 1.46. The smallest absolute Gasteiger partial charge is 0.349 e. The summed E-state index contributed by atoms with van der Waals surface area (Å²) in [7, 11) is -2.61. The van der Waals surface area contributed by atoms with Gasteiger partial charge in [0.15, 0.2) is 0 Å². The first-order valence-electron chi connectivity index (χ1n) is 7.86. The fourth-order valence-electron chi connectivity index (χ4n) is 2.11. The molecule has 3 N–H and O–H groups in total. The number of aryl methyl sites for hydroxylation is 1. The van der Waals surface area contributed by atoms with E-state index in [4.69, 9.17) is 0 Å². The van der Waals surface area contributed by atoms with E-state index in [1.54, 1.807) is 0 Å². The number of anilines is 2. The average molecular weight is 399 g/mol. The topological polar surface area (TPSA) is 122 Å². The average Bonchev–Trinajstić information content (AvgIpc) is 3.09. The van der Waals surface area contributed by atoms with Gasteiger partial charge in [0.05, 0.1) is 7.11 Å². The Morgan fingerprint density at radius 2 is 2.04 bits per heavy atom. The number of nitrogens with zero attached hydrogens (tertiary/aromatic N) is 2. The quantitative estimate of drug-likeness (QED) is 0.428. The maximum Gasteiger partial charge on any atom is 0.349 e. The minimum absolute atomic E-state index is 0.0465. The molecule has 2 aromatic rings. The normalized spacial score (nSPS) is 11.2. The summed E-state index contributed by atoms with van der Waals surface area (Å²) in [5, 5.41) is 7.60. The molecule has 0 saturated heterocycles. The first-order valence-corrected chi connectivity index (χ1v) is 10.2. The molecule has 0 fully saturated rings. The number of carbonyl (C=O) groups is 1. The number of carbonyl (C=O) groups excluding carboxylic acids is 1. The van der Waals surface area contributed by atoms with Crippen molar-refractivity contribution < 1.29 is 17.9 Å². The van der Waals surface area contributed by atoms with Crippen molar-refractivity contribution in [3.63, 3.8) is 0 Å². The molecule has 0 atom stereocenters. The number of nitrogens with one attached hydrogen (secondary N) is 3. The summed E-state index contributed by atoms with van der Waals surface area (Å²) in [4.78, 5) is 20.1. The number of hydrogen-bond acceptors (Lipinski definition) is 9. The van der Waals surface area contributed by atoms with Gasteiger partial charge in [-0.2, -0.15) is 4.98 Å². The SMILES string of the molecule is CCNc1cc(C)nc(NCCNS(=O)(=O)c2ccsc2C(=O)OC)n1. The van der Waals surface area contributed by atoms with Gasteiger partial charge in [0.2, 0.25) is 16.0 Å². The molecule has 2 aromatic heterocycles. The number of esters is 1. The molecule has 26 heavy (non-hydrogen) atoms. The maximum atomic E-state index is 12.4. The second kappa shape index (κ2) is 8.92. The van der Waals surface area contributed by atoms with E-state index < -0.39 is 16.0 Å². The minimum Gasteiger partial charge on any atom is -0.465 e. The molecule has 0 radical (unpaired) electrons. The molecule has 2 rings (SSSR count). The van der Waals surface area contributed by atoms with Crippen LogP contribution in [-0.4, -0.2) is 51.1 Å². The molecule has 0 saturated carbocycles. The molecule has 11 heteroatoms. The van der Waals surface area contributed by atoms with Crippen LogP contribution in [0.2, 0.25) is 0 Å². The van der Waals surface area contributed by atoms with Crippen molar-refractivity contribution in [2.75, 3.05) is 37.4 Å². The molecule has 0 aromatic carbocycles. The number of rotatable bonds is 9. The van der Waals surface area contributed by atoms with Crippen LogP contribution >= 0.6 is 11.3 Å². The van der Waals surface area contributed by atoms with Gasteiger partial charge in [-0.3, -0.25) is 0 Å². The lowest BCUT2D eigenvalue weighted by Gasteiger charge is -2.10. The van der Waals surface area contributed by atoms with Gasteiger partial charge in [-0.15, -0.1) is 11.3 Å². The third kappa shape index (κ3) is 5.13. The summed E-state index contributed by atoms with van der Waals surface area (Å²) < 4.78 is 31.8. The second-order valence-electron chi connectivity index (χ2n) is 5.18. The Labute approximate surface area is 156 Å². The highest BCUT2D eigenvalue weighted by Gasteiger charge is 2.24. The van der Waals surface area contributed by atoms with Gasteiger partial charge >= 0.3 is 5.97 Å². The third-order valence-corrected chi connectivity index (χ3v) is 5.73. The monoisotopic (exact) mass is 399 g/mol. The van der Waals surface area contributed by atoms with Crippen molar-refractivity contribution in [3.8, 4) is 0 Å². The van der Waals surface area contributed by atoms with Gasteiger partial charge < -0.3 is 15.4 Å². The van der Waals surface area contributed by atoms with Crippen LogP contribution in [0.5, 0.6) is 0 Å². The maximum absolute atomic E-state index is 12.4. The van der Waals surface area contributed by atoms with E-state index >= 15 is 0 Å². The lowest BCUT2D eigenvalue weighted by Crippen LogP contribution is -2.30. The number of hydrogen-bond donors (Lipinski definition) is 3. The van der Waals surface area contributed by atoms with Gasteiger partial charge in [-0.25, -0.2) is 22.9 Å². The number of thiophene rings is 1. The summed E-state index contributed by atoms with van der Waals surface area (Å²) in [5.74, 6) is 0.428. The first kappa shape index (κ1) is 20.1. The van der Waals surface area contributed by atoms with E-state index in [9.17, 15) is 13.2 Å². The first-order chi connectivity index (χ1) is 12.4. The van der Waals surface area contributed by atoms with Gasteiger partial charge in [0.1, 0.15) is 15.6 Å². The van der Waals surface area contributed by atoms with Gasteiger partial charge in [-0.05, 0) is 25.3 Å². The van der Waals surface area contributed by atoms with Crippen LogP contribution in [-0.2, 0) is 14.8 Å². The predicted molar refractivity (Wildman–Crippen MR) is 100 cm³/mol. The molecule has 0 amide bonds. The van der Waals surface area contributed by atoms with Crippen molar-refractivity contribution in [2.24, 2.45) is 0 Å². The van der Waals surface area contributed by atoms with Crippen LogP contribution in [0.3, 0.4) is 0 Å². The van der Waals surface area contributed by atoms with E-state index in [1.165, 1.54) is 18.6 Å². The standard InChI is InChI=1S/C15H21N5O4S2/c1-4-16-12-9-10(2)19-15(20-12)17-6-7-18-26(22,23)11-5-8-25-13(11)14(21)24-3/h5,8-9,18H,4,6-7H2,1-3H3,(H2,16,17,19,20). The summed E-state index contributed by atoms with van der Waals surface area (Å²) in [6.07, 6.45) is 0. The van der Waals surface area contributed by atoms with Gasteiger partial charge in [0.25, 0.3) is 0 Å². The van der Waals surface area contributed by atoms with E-state index in [-0.39, 0.29) is 22.9 Å². The van der Waals surface area contributed by atoms with Crippen molar-refractivity contribution in [2.45, 2.75) is 18.7 Å². The molecule has 0 aliphatic carbocycles. The van der Waals surface area contributed by atoms with Crippen LogP contribution < -0.4 is 15.4 Å². The van der Waals surface area contributed by atoms with E-state index in [0.717, 1.165) is 23.6 Å². The third-order valence-electron chi connectivity index (χ3n) is 3.20. The van der Waals surface area contributed by atoms with Crippen LogP contribution in [0.25, 0.3) is 0 Å². The van der Waals surface area contributed by atoms with Crippen molar-refractivity contribution >= 4 is 39.1 Å². The van der Waals surface area contributed by atoms with Crippen molar-refractivity contribution in [1.82, 2.24) is 14.7 Å². The summed E-state index contributed by atoms with van der Waals surface area (Å²) in [6.45, 7) is 4.94. The fraction of sp³-hybridized carbons (Fsp3) is 0.400. The lowest BCUT2D eigenvalue weighted by molar-refractivity contribution is 0.0602. The van der Waals surface area contributed by atoms with Crippen LogP contribution in [0, 0.1) is 6.92 Å². The molecule has 0 spiro atoms. The number of ether oxygens (including phenoxy) is 1. The zero-order valence-corrected chi connectivity index (χ0v) is 16.3. The number of aromatic nitrogens is 2. The van der Waals surface area contributed by atoms with Gasteiger partial charge in [-0.1, -0.05) is 0 Å². The molecule has 0 aliphatic heterocycles. The summed E-state index contributed by atoms with van der Waals surface area (Å²) in [6, 6.07) is 3.20. The Bertz CT molecular complexity index is 867. The Hall–Kier alpha value is -2.24. The second-order valence-corrected chi connectivity index (χ2v) is 7.83. The molecule has 142 valence electrons. The van der Waals surface area contributed by atoms with E-state index in [0.29, 0.717) is 11.8 Å². The van der Waals surface area contributed by atoms with E-state index in [1.807, 2.05) is 19.9 Å². The van der Waals surface area contributed by atoms with Crippen LogP contribution in [0.4, 0.5) is 11.8 Å². The molecule has 2 heterocycles. The minimum atomic E-state index is -3.82. The van der Waals surface area contributed by atoms with Crippen LogP contribution in [0.15, 0.2) is 22.4 Å². The van der Waals surface area contributed by atoms with Crippen LogP contribution in [0.1, 0.15) is 22.3 Å². The van der Waals surface area contributed by atoms with Crippen molar-refractivity contribution in [1.29, 1.82) is 0 Å². The van der Waals surface area contributed by atoms with Crippen molar-refractivity contribution in [3.05, 3.63) is 28.1 Å². The molecule has 9 nitrogen and oxygen atoms in total. The molecule has 0 bridgehead atoms. The van der Waals surface area contributed by atoms with Gasteiger partial charge in [0, 0.05) is 31.4 Å². The lowest BCUT2D eigenvalue weighted by atomic mass is 10.4. The Kier molecular flexibility index (Phi) is 6.89. The summed E-state index contributed by atoms with van der Waals surface area (Å²) >= 11 is 1.02. The zero-order chi connectivity index (χ0) is 19.2. The Morgan fingerprint density at radius 1 is 1.27 bits per heavy atom. The molecule has 0 unspecified atom stereocenters. The fourth-order valence-corrected chi connectivity index (χ4v) is 4.47. The molecular formula is C15H21N5O4S2. The summed E-state index contributed by atoms with van der Waals surface area (Å²) in [5.41, 5.74) is 0.792. The highest BCUT2D eigenvalue weighted by atomic mass is 32.2. The zero-order valence-electron chi connectivity index (χ0n) is 14.7. The molecule has 0 aliphatic rings. The number of methoxy groups -OCH3 is 1. The highest BCUT2D eigenvalue weighted by molar-refractivity contribution is 7.89. The molecular weight excluding hydrogens is 378 g/mol. The Balaban J connectivity index is 1.95. The number of sulfonamides is 1. The highest BCUT2D eigenvalue weighted by Crippen LogP contribution is 2.22. The largest absolute Gasteiger partial charge is 0.465 e.